The summed E-state index contributed by atoms with van der Waals surface area (Å²) in [5, 5.41) is 20.6. The van der Waals surface area contributed by atoms with Crippen molar-refractivity contribution in [1.82, 2.24) is 19.6 Å². The van der Waals surface area contributed by atoms with Crippen LogP contribution in [0.25, 0.3) is 11.4 Å². The molecule has 7 rings (SSSR count). The number of aliphatic hydroxyl groups excluding tert-OH is 1. The van der Waals surface area contributed by atoms with Gasteiger partial charge in [-0.25, -0.2) is 9.37 Å². The summed E-state index contributed by atoms with van der Waals surface area (Å²) in [5.41, 5.74) is 4.46. The molecule has 1 N–H and O–H groups in total. The number of aryl methyl sites for hydroxylation is 2. The molecule has 1 atom stereocenters. The largest absolute Gasteiger partial charge is 0.505 e. The fourth-order valence-electron chi connectivity index (χ4n) is 5.81. The number of aliphatic hydroxyl groups is 1. The summed E-state index contributed by atoms with van der Waals surface area (Å²) in [6, 6.07) is 23.6. The summed E-state index contributed by atoms with van der Waals surface area (Å²) in [6.07, 6.45) is 1.82. The van der Waals surface area contributed by atoms with Gasteiger partial charge in [-0.3, -0.25) is 14.5 Å². The van der Waals surface area contributed by atoms with E-state index >= 15 is 0 Å². The zero-order valence-corrected chi connectivity index (χ0v) is 28.8. The number of nitrogens with zero attached hydrogens (tertiary/aromatic N) is 5. The van der Waals surface area contributed by atoms with Gasteiger partial charge in [0.25, 0.3) is 5.78 Å². The average Bonchev–Trinajstić information content (AvgIpc) is 3.81. The number of halogens is 1. The highest BCUT2D eigenvalue weighted by Crippen LogP contribution is 2.46. The Balaban J connectivity index is 1.30. The van der Waals surface area contributed by atoms with E-state index in [1.807, 2.05) is 60.0 Å². The third kappa shape index (κ3) is 6.21. The standard InChI is InChI=1S/C37H30FN5O5S2/c1-21-8-7-17-42-22(2)30(39-34(21)42)32(44)29-31(25-13-16-27(28(18-25)47-3)48-19-23-9-5-4-6-10-23)43(35(46)33(29)45)36-40-41-37(50-36)49-20-24-11-14-26(38)15-12-24/h4-18,31,44H,19-20H2,1-3H3/b32-29+. The predicted molar refractivity (Wildman–Crippen MR) is 189 cm³/mol. The second kappa shape index (κ2) is 13.8. The van der Waals surface area contributed by atoms with E-state index in [1.54, 1.807) is 37.3 Å². The van der Waals surface area contributed by atoms with Crippen LogP contribution in [0.5, 0.6) is 11.5 Å². The van der Waals surface area contributed by atoms with Gasteiger partial charge in [0.2, 0.25) is 5.13 Å². The molecule has 1 aliphatic heterocycles. The van der Waals surface area contributed by atoms with E-state index in [2.05, 4.69) is 15.2 Å². The predicted octanol–water partition coefficient (Wildman–Crippen LogP) is 7.45. The number of aromatic nitrogens is 4. The molecule has 1 unspecified atom stereocenters. The third-order valence-electron chi connectivity index (χ3n) is 8.37. The van der Waals surface area contributed by atoms with Crippen LogP contribution in [-0.4, -0.2) is 43.5 Å². The Hall–Kier alpha value is -5.53. The Morgan fingerprint density at radius 3 is 2.48 bits per heavy atom. The second-order valence-corrected chi connectivity index (χ2v) is 13.7. The first-order chi connectivity index (χ1) is 24.2. The van der Waals surface area contributed by atoms with Crippen molar-refractivity contribution in [2.24, 2.45) is 0 Å². The number of anilines is 1. The summed E-state index contributed by atoms with van der Waals surface area (Å²) in [4.78, 5) is 33.8. The molecule has 10 nitrogen and oxygen atoms in total. The maximum absolute atomic E-state index is 13.9. The van der Waals surface area contributed by atoms with Crippen LogP contribution in [-0.2, 0) is 21.9 Å². The van der Waals surface area contributed by atoms with Gasteiger partial charge in [-0.05, 0) is 66.4 Å². The molecule has 0 radical (unpaired) electrons. The van der Waals surface area contributed by atoms with Crippen molar-refractivity contribution in [1.29, 1.82) is 0 Å². The van der Waals surface area contributed by atoms with E-state index in [0.717, 1.165) is 28.0 Å². The molecule has 1 amide bonds. The van der Waals surface area contributed by atoms with Crippen molar-refractivity contribution >= 4 is 51.3 Å². The van der Waals surface area contributed by atoms with Gasteiger partial charge in [0, 0.05) is 11.9 Å². The number of fused-ring (bicyclic) bond motifs is 1. The number of Topliss-reactive ketones (excluding diaryl/α,β-unsaturated/α-hetero) is 1. The molecular formula is C37H30FN5O5S2. The van der Waals surface area contributed by atoms with Crippen LogP contribution in [0.15, 0.2) is 101 Å². The average molecular weight is 708 g/mol. The number of carbonyl (C=O) groups excluding carboxylic acids is 2. The molecule has 0 bridgehead atoms. The maximum Gasteiger partial charge on any atom is 0.301 e. The summed E-state index contributed by atoms with van der Waals surface area (Å²) in [6.45, 7) is 3.99. The molecule has 1 aliphatic rings. The molecule has 50 heavy (non-hydrogen) atoms. The van der Waals surface area contributed by atoms with E-state index < -0.39 is 23.5 Å². The molecule has 1 fully saturated rings. The number of hydrogen-bond donors (Lipinski definition) is 1. The lowest BCUT2D eigenvalue weighted by Crippen LogP contribution is -2.29. The van der Waals surface area contributed by atoms with Crippen molar-refractivity contribution in [3.05, 3.63) is 136 Å². The number of ketones is 1. The SMILES string of the molecule is COc1cc(C2/C(=C(\O)c3nc4c(C)cccn4c3C)C(=O)C(=O)N2c2nnc(SCc3ccc(F)cc3)s2)ccc1OCc1ccccc1. The summed E-state index contributed by atoms with van der Waals surface area (Å²) < 4.78 is 27.6. The first-order valence-corrected chi connectivity index (χ1v) is 17.3. The minimum Gasteiger partial charge on any atom is -0.505 e. The first-order valence-electron chi connectivity index (χ1n) is 15.5. The number of imidazole rings is 1. The molecule has 3 aromatic carbocycles. The van der Waals surface area contributed by atoms with Crippen molar-refractivity contribution < 1.29 is 28.6 Å². The molecule has 1 saturated heterocycles. The van der Waals surface area contributed by atoms with Gasteiger partial charge in [0.1, 0.15) is 23.8 Å². The van der Waals surface area contributed by atoms with Crippen LogP contribution in [0.4, 0.5) is 9.52 Å². The zero-order valence-electron chi connectivity index (χ0n) is 27.2. The molecule has 0 saturated carbocycles. The summed E-state index contributed by atoms with van der Waals surface area (Å²) >= 11 is 2.50. The molecule has 6 aromatic rings. The monoisotopic (exact) mass is 707 g/mol. The number of carbonyl (C=O) groups is 2. The fraction of sp³-hybridized carbons (Fsp3) is 0.162. The van der Waals surface area contributed by atoms with E-state index in [4.69, 9.17) is 9.47 Å². The zero-order chi connectivity index (χ0) is 34.9. The number of amides is 1. The Morgan fingerprint density at radius 1 is 0.960 bits per heavy atom. The van der Waals surface area contributed by atoms with Gasteiger partial charge < -0.3 is 19.0 Å². The van der Waals surface area contributed by atoms with Crippen LogP contribution >= 0.6 is 23.1 Å². The molecule has 0 aliphatic carbocycles. The van der Waals surface area contributed by atoms with E-state index in [0.29, 0.717) is 45.1 Å². The van der Waals surface area contributed by atoms with Crippen LogP contribution < -0.4 is 14.4 Å². The summed E-state index contributed by atoms with van der Waals surface area (Å²) in [5.74, 6) is -1.17. The van der Waals surface area contributed by atoms with E-state index in [-0.39, 0.29) is 22.2 Å². The van der Waals surface area contributed by atoms with Crippen LogP contribution in [0.2, 0.25) is 0 Å². The van der Waals surface area contributed by atoms with Crippen LogP contribution in [0.3, 0.4) is 0 Å². The molecule has 3 aromatic heterocycles. The second-order valence-electron chi connectivity index (χ2n) is 11.5. The van der Waals surface area contributed by atoms with Crippen molar-refractivity contribution in [2.75, 3.05) is 12.0 Å². The van der Waals surface area contributed by atoms with Crippen molar-refractivity contribution in [3.63, 3.8) is 0 Å². The van der Waals surface area contributed by atoms with Gasteiger partial charge in [-0.2, -0.15) is 0 Å². The summed E-state index contributed by atoms with van der Waals surface area (Å²) in [7, 11) is 1.50. The highest BCUT2D eigenvalue weighted by Gasteiger charge is 2.49. The molecular weight excluding hydrogens is 678 g/mol. The third-order valence-corrected chi connectivity index (χ3v) is 10.5. The maximum atomic E-state index is 13.9. The quantitative estimate of drug-likeness (QED) is 0.0509. The van der Waals surface area contributed by atoms with Gasteiger partial charge in [0.15, 0.2) is 21.6 Å². The van der Waals surface area contributed by atoms with Crippen molar-refractivity contribution in [3.8, 4) is 11.5 Å². The normalized spacial score (nSPS) is 15.6. The fourth-order valence-corrected chi connectivity index (χ4v) is 7.64. The Bertz CT molecular complexity index is 2270. The molecule has 4 heterocycles. The number of methoxy groups -OCH3 is 1. The minimum absolute atomic E-state index is 0.144. The number of thioether (sulfide) groups is 1. The Morgan fingerprint density at radius 2 is 1.74 bits per heavy atom. The number of benzene rings is 3. The first kappa shape index (κ1) is 33.0. The van der Waals surface area contributed by atoms with Crippen LogP contribution in [0.1, 0.15) is 39.7 Å². The van der Waals surface area contributed by atoms with Crippen LogP contribution in [0, 0.1) is 19.7 Å². The lowest BCUT2D eigenvalue weighted by Gasteiger charge is -2.23. The van der Waals surface area contributed by atoms with E-state index in [9.17, 15) is 19.1 Å². The number of pyridine rings is 1. The molecule has 252 valence electrons. The van der Waals surface area contributed by atoms with Gasteiger partial charge >= 0.3 is 5.91 Å². The lowest BCUT2D eigenvalue weighted by molar-refractivity contribution is -0.132. The van der Waals surface area contributed by atoms with Gasteiger partial charge in [-0.1, -0.05) is 77.7 Å². The molecule has 0 spiro atoms. The minimum atomic E-state index is -1.10. The van der Waals surface area contributed by atoms with Gasteiger partial charge in [0.05, 0.1) is 24.4 Å². The lowest BCUT2D eigenvalue weighted by atomic mass is 9.96. The topological polar surface area (TPSA) is 119 Å². The molecule has 13 heteroatoms. The Kier molecular flexibility index (Phi) is 9.08. The number of rotatable bonds is 10. The van der Waals surface area contributed by atoms with E-state index in [1.165, 1.54) is 35.9 Å². The smallest absolute Gasteiger partial charge is 0.301 e. The highest BCUT2D eigenvalue weighted by atomic mass is 32.2. The Labute approximate surface area is 294 Å². The van der Waals surface area contributed by atoms with Crippen molar-refractivity contribution in [2.45, 2.75) is 36.6 Å². The number of hydrogen-bond acceptors (Lipinski definition) is 10. The number of ether oxygens (including phenoxy) is 2. The van der Waals surface area contributed by atoms with Gasteiger partial charge in [-0.15, -0.1) is 10.2 Å². The highest BCUT2D eigenvalue weighted by molar-refractivity contribution is 8.00.